The summed E-state index contributed by atoms with van der Waals surface area (Å²) in [5, 5.41) is 3.14. The van der Waals surface area contributed by atoms with E-state index in [1.165, 1.54) is 11.1 Å². The number of hydrogen-bond donors (Lipinski definition) is 1. The first kappa shape index (κ1) is 12.2. The summed E-state index contributed by atoms with van der Waals surface area (Å²) in [4.78, 5) is 9.11. The highest BCUT2D eigenvalue weighted by atomic mass is 32.1. The lowest BCUT2D eigenvalue weighted by Gasteiger charge is -1.99. The number of thiazole rings is 1. The van der Waals surface area contributed by atoms with Crippen molar-refractivity contribution in [3.05, 3.63) is 40.2 Å². The smallest absolute Gasteiger partial charge is 0.0956 e. The first-order chi connectivity index (χ1) is 8.33. The molecule has 0 bridgehead atoms. The van der Waals surface area contributed by atoms with E-state index in [1.807, 2.05) is 0 Å². The summed E-state index contributed by atoms with van der Waals surface area (Å²) >= 11 is 1.65. The molecule has 0 aliphatic carbocycles. The predicted octanol–water partition coefficient (Wildman–Crippen LogP) is 2.81. The Morgan fingerprint density at radius 3 is 2.71 bits per heavy atom. The molecule has 17 heavy (non-hydrogen) atoms. The lowest BCUT2D eigenvalue weighted by molar-refractivity contribution is 0.141. The van der Waals surface area contributed by atoms with Crippen molar-refractivity contribution in [2.24, 2.45) is 5.90 Å². The monoisotopic (exact) mass is 248 g/mol. The molecular formula is C13H16N2OS. The highest BCUT2D eigenvalue weighted by molar-refractivity contribution is 7.09. The zero-order chi connectivity index (χ0) is 12.1. The second kappa shape index (κ2) is 5.91. The Labute approximate surface area is 105 Å². The first-order valence-electron chi connectivity index (χ1n) is 5.69. The highest BCUT2D eigenvalue weighted by Gasteiger charge is 2.04. The molecule has 0 saturated carbocycles. The molecule has 0 aliphatic heterocycles. The van der Waals surface area contributed by atoms with Crippen molar-refractivity contribution in [3.63, 3.8) is 0 Å². The normalized spacial score (nSPS) is 10.7. The molecule has 0 fully saturated rings. The molecule has 3 nitrogen and oxygen atoms in total. The van der Waals surface area contributed by atoms with E-state index in [4.69, 9.17) is 5.90 Å². The van der Waals surface area contributed by atoms with Crippen molar-refractivity contribution < 1.29 is 4.84 Å². The first-order valence-corrected chi connectivity index (χ1v) is 6.57. The fraction of sp³-hybridized carbons (Fsp3) is 0.308. The van der Waals surface area contributed by atoms with E-state index in [1.54, 1.807) is 11.3 Å². The van der Waals surface area contributed by atoms with Crippen LogP contribution in [0, 0.1) is 0 Å². The Balaban J connectivity index is 2.12. The zero-order valence-corrected chi connectivity index (χ0v) is 10.7. The van der Waals surface area contributed by atoms with Gasteiger partial charge in [0.15, 0.2) is 0 Å². The molecule has 1 heterocycles. The van der Waals surface area contributed by atoms with Crippen LogP contribution < -0.4 is 5.90 Å². The molecule has 0 aliphatic rings. The molecule has 0 atom stereocenters. The van der Waals surface area contributed by atoms with Crippen LogP contribution in [0.3, 0.4) is 0 Å². The van der Waals surface area contributed by atoms with Gasteiger partial charge in [0.05, 0.1) is 17.3 Å². The van der Waals surface area contributed by atoms with Crippen LogP contribution in [0.5, 0.6) is 0 Å². The highest BCUT2D eigenvalue weighted by Crippen LogP contribution is 2.22. The van der Waals surface area contributed by atoms with Gasteiger partial charge in [-0.25, -0.2) is 10.9 Å². The number of hydrogen-bond acceptors (Lipinski definition) is 4. The molecule has 0 saturated heterocycles. The molecule has 2 N–H and O–H groups in total. The number of aromatic nitrogens is 1. The summed E-state index contributed by atoms with van der Waals surface area (Å²) in [5.41, 5.74) is 3.55. The summed E-state index contributed by atoms with van der Waals surface area (Å²) < 4.78 is 0. The van der Waals surface area contributed by atoms with Crippen LogP contribution in [-0.2, 0) is 17.7 Å². The average molecular weight is 248 g/mol. The third-order valence-electron chi connectivity index (χ3n) is 2.64. The van der Waals surface area contributed by atoms with Gasteiger partial charge in [-0.1, -0.05) is 31.2 Å². The van der Waals surface area contributed by atoms with Gasteiger partial charge >= 0.3 is 0 Å². The third-order valence-corrected chi connectivity index (χ3v) is 3.55. The van der Waals surface area contributed by atoms with Gasteiger partial charge in [-0.3, -0.25) is 0 Å². The summed E-state index contributed by atoms with van der Waals surface area (Å²) in [6.07, 6.45) is 1.84. The van der Waals surface area contributed by atoms with Gasteiger partial charge in [-0.2, -0.15) is 0 Å². The Morgan fingerprint density at radius 2 is 2.06 bits per heavy atom. The predicted molar refractivity (Wildman–Crippen MR) is 70.8 cm³/mol. The fourth-order valence-electron chi connectivity index (χ4n) is 1.62. The van der Waals surface area contributed by atoms with Crippen LogP contribution in [0.2, 0.25) is 0 Å². The van der Waals surface area contributed by atoms with Gasteiger partial charge in [0.2, 0.25) is 0 Å². The van der Waals surface area contributed by atoms with Crippen molar-refractivity contribution in [3.8, 4) is 11.3 Å². The molecule has 4 heteroatoms. The van der Waals surface area contributed by atoms with Gasteiger partial charge in [0, 0.05) is 17.4 Å². The summed E-state index contributed by atoms with van der Waals surface area (Å²) in [7, 11) is 0. The maximum atomic E-state index is 5.00. The second-order valence-corrected chi connectivity index (χ2v) is 4.74. The molecule has 90 valence electrons. The minimum atomic E-state index is 0.516. The van der Waals surface area contributed by atoms with E-state index >= 15 is 0 Å². The SMILES string of the molecule is CCc1ccc(-c2csc(CCON)n2)cc1. The van der Waals surface area contributed by atoms with E-state index in [9.17, 15) is 0 Å². The van der Waals surface area contributed by atoms with Crippen molar-refractivity contribution in [1.29, 1.82) is 0 Å². The molecule has 1 aromatic heterocycles. The van der Waals surface area contributed by atoms with Crippen LogP contribution in [0.1, 0.15) is 17.5 Å². The summed E-state index contributed by atoms with van der Waals surface area (Å²) in [6.45, 7) is 2.67. The quantitative estimate of drug-likeness (QED) is 0.828. The maximum absolute atomic E-state index is 5.00. The van der Waals surface area contributed by atoms with Crippen LogP contribution in [0.15, 0.2) is 29.6 Å². The fourth-order valence-corrected chi connectivity index (χ4v) is 2.40. The van der Waals surface area contributed by atoms with Crippen molar-refractivity contribution in [1.82, 2.24) is 4.98 Å². The van der Waals surface area contributed by atoms with E-state index in [2.05, 4.69) is 46.4 Å². The Hall–Kier alpha value is -1.23. The lowest BCUT2D eigenvalue weighted by Crippen LogP contribution is -2.03. The molecule has 0 radical (unpaired) electrons. The van der Waals surface area contributed by atoms with Crippen molar-refractivity contribution in [2.75, 3.05) is 6.61 Å². The largest absolute Gasteiger partial charge is 0.304 e. The number of rotatable bonds is 5. The van der Waals surface area contributed by atoms with E-state index < -0.39 is 0 Å². The molecule has 0 unspecified atom stereocenters. The number of nitrogens with two attached hydrogens (primary N) is 1. The Kier molecular flexibility index (Phi) is 4.25. The van der Waals surface area contributed by atoms with Crippen LogP contribution in [0.25, 0.3) is 11.3 Å². The van der Waals surface area contributed by atoms with Gasteiger partial charge in [0.25, 0.3) is 0 Å². The average Bonchev–Trinajstić information content (AvgIpc) is 2.85. The standard InChI is InChI=1S/C13H16N2OS/c1-2-10-3-5-11(6-4-10)12-9-17-13(15-12)7-8-16-14/h3-6,9H,2,7-8,14H2,1H3. The summed E-state index contributed by atoms with van der Waals surface area (Å²) in [6, 6.07) is 8.54. The molecule has 2 rings (SSSR count). The van der Waals surface area contributed by atoms with Gasteiger partial charge in [-0.05, 0) is 12.0 Å². The molecule has 1 aromatic carbocycles. The Morgan fingerprint density at radius 1 is 1.29 bits per heavy atom. The van der Waals surface area contributed by atoms with E-state index in [0.717, 1.165) is 23.5 Å². The number of benzene rings is 1. The van der Waals surface area contributed by atoms with E-state index in [0.29, 0.717) is 6.61 Å². The van der Waals surface area contributed by atoms with E-state index in [-0.39, 0.29) is 0 Å². The van der Waals surface area contributed by atoms with Gasteiger partial charge in [-0.15, -0.1) is 11.3 Å². The minimum absolute atomic E-state index is 0.516. The molecule has 0 spiro atoms. The Bertz CT molecular complexity index is 465. The zero-order valence-electron chi connectivity index (χ0n) is 9.85. The van der Waals surface area contributed by atoms with Gasteiger partial charge < -0.3 is 4.84 Å². The maximum Gasteiger partial charge on any atom is 0.0956 e. The molecule has 0 amide bonds. The van der Waals surface area contributed by atoms with Crippen LogP contribution >= 0.6 is 11.3 Å². The third kappa shape index (κ3) is 3.12. The number of nitrogens with zero attached hydrogens (tertiary/aromatic N) is 1. The second-order valence-electron chi connectivity index (χ2n) is 3.80. The molecular weight excluding hydrogens is 232 g/mol. The van der Waals surface area contributed by atoms with Crippen LogP contribution in [0.4, 0.5) is 0 Å². The van der Waals surface area contributed by atoms with Gasteiger partial charge in [0.1, 0.15) is 0 Å². The summed E-state index contributed by atoms with van der Waals surface area (Å²) in [5.74, 6) is 5.00. The minimum Gasteiger partial charge on any atom is -0.304 e. The lowest BCUT2D eigenvalue weighted by atomic mass is 10.1. The van der Waals surface area contributed by atoms with Crippen molar-refractivity contribution >= 4 is 11.3 Å². The van der Waals surface area contributed by atoms with Crippen LogP contribution in [-0.4, -0.2) is 11.6 Å². The molecule has 2 aromatic rings. The topological polar surface area (TPSA) is 48.1 Å². The van der Waals surface area contributed by atoms with Crippen molar-refractivity contribution in [2.45, 2.75) is 19.8 Å². The number of aryl methyl sites for hydroxylation is 1.